The summed E-state index contributed by atoms with van der Waals surface area (Å²) in [6, 6.07) is 3.09. The molecule has 0 aromatic heterocycles. The molecule has 0 bridgehead atoms. The van der Waals surface area contributed by atoms with E-state index in [1.54, 1.807) is 13.0 Å². The first-order valence-corrected chi connectivity index (χ1v) is 4.71. The number of carboxylic acids is 1. The van der Waals surface area contributed by atoms with Crippen LogP contribution in [0.15, 0.2) is 18.2 Å². The number of rotatable bonds is 3. The number of nitrogens with one attached hydrogen (secondary N) is 1. The van der Waals surface area contributed by atoms with Gasteiger partial charge < -0.3 is 10.4 Å². The molecule has 1 rings (SSSR count). The second kappa shape index (κ2) is 4.74. The molecule has 4 nitrogen and oxygen atoms in total. The van der Waals surface area contributed by atoms with E-state index in [1.807, 2.05) is 0 Å². The lowest BCUT2D eigenvalue weighted by atomic mass is 10.1. The lowest BCUT2D eigenvalue weighted by Gasteiger charge is -2.09. The fraction of sp³-hybridized carbons (Fsp3) is 0.273. The Morgan fingerprint density at radius 2 is 2.06 bits per heavy atom. The molecule has 0 aliphatic heterocycles. The summed E-state index contributed by atoms with van der Waals surface area (Å²) in [6.45, 7) is 3.01. The number of carboxylic acid groups (broad SMARTS) is 1. The van der Waals surface area contributed by atoms with Crippen molar-refractivity contribution in [3.8, 4) is 0 Å². The Balaban J connectivity index is 2.85. The van der Waals surface area contributed by atoms with E-state index in [0.717, 1.165) is 0 Å². The van der Waals surface area contributed by atoms with Crippen LogP contribution in [0.3, 0.4) is 0 Å². The first-order chi connectivity index (χ1) is 7.41. The number of hydrogen-bond acceptors (Lipinski definition) is 2. The average Bonchev–Trinajstić information content (AvgIpc) is 2.16. The van der Waals surface area contributed by atoms with Crippen molar-refractivity contribution in [2.45, 2.75) is 19.9 Å². The Bertz CT molecular complexity index is 431. The largest absolute Gasteiger partial charge is 0.480 e. The van der Waals surface area contributed by atoms with Crippen LogP contribution in [0.4, 0.5) is 4.39 Å². The Morgan fingerprint density at radius 3 is 2.56 bits per heavy atom. The fourth-order valence-electron chi connectivity index (χ4n) is 1.14. The fourth-order valence-corrected chi connectivity index (χ4v) is 1.14. The zero-order chi connectivity index (χ0) is 12.3. The minimum absolute atomic E-state index is 0.154. The molecule has 1 aromatic rings. The SMILES string of the molecule is Cc1ccc(C(=O)NC(C)C(=O)O)c(F)c1. The molecule has 0 aliphatic carbocycles. The number of amides is 1. The summed E-state index contributed by atoms with van der Waals surface area (Å²) in [5.41, 5.74) is 0.541. The number of carbonyl (C=O) groups excluding carboxylic acids is 1. The Labute approximate surface area is 92.1 Å². The van der Waals surface area contributed by atoms with Gasteiger partial charge in [0.2, 0.25) is 0 Å². The van der Waals surface area contributed by atoms with E-state index < -0.39 is 23.7 Å². The predicted octanol–water partition coefficient (Wildman–Crippen LogP) is 1.34. The van der Waals surface area contributed by atoms with E-state index in [-0.39, 0.29) is 5.56 Å². The monoisotopic (exact) mass is 225 g/mol. The van der Waals surface area contributed by atoms with Gasteiger partial charge in [-0.3, -0.25) is 9.59 Å². The summed E-state index contributed by atoms with van der Waals surface area (Å²) in [5.74, 6) is -2.55. The molecule has 5 heteroatoms. The smallest absolute Gasteiger partial charge is 0.325 e. The molecule has 0 heterocycles. The summed E-state index contributed by atoms with van der Waals surface area (Å²) >= 11 is 0. The van der Waals surface area contributed by atoms with E-state index >= 15 is 0 Å². The summed E-state index contributed by atoms with van der Waals surface area (Å²) < 4.78 is 13.3. The highest BCUT2D eigenvalue weighted by Gasteiger charge is 2.17. The number of aliphatic carboxylic acids is 1. The van der Waals surface area contributed by atoms with Gasteiger partial charge in [-0.1, -0.05) is 6.07 Å². The number of benzene rings is 1. The van der Waals surface area contributed by atoms with E-state index in [2.05, 4.69) is 5.32 Å². The molecular formula is C11H12FNO3. The van der Waals surface area contributed by atoms with Crippen molar-refractivity contribution >= 4 is 11.9 Å². The van der Waals surface area contributed by atoms with Gasteiger partial charge in [0.15, 0.2) is 0 Å². The molecule has 0 spiro atoms. The standard InChI is InChI=1S/C11H12FNO3/c1-6-3-4-8(9(12)5-6)10(14)13-7(2)11(15)16/h3-5,7H,1-2H3,(H,13,14)(H,15,16). The van der Waals surface area contributed by atoms with Crippen LogP contribution in [0.1, 0.15) is 22.8 Å². The molecule has 0 radical (unpaired) electrons. The maximum absolute atomic E-state index is 13.3. The van der Waals surface area contributed by atoms with Crippen LogP contribution in [0.5, 0.6) is 0 Å². The van der Waals surface area contributed by atoms with Crippen LogP contribution in [0.2, 0.25) is 0 Å². The van der Waals surface area contributed by atoms with E-state index in [1.165, 1.54) is 19.1 Å². The van der Waals surface area contributed by atoms with Crippen molar-refractivity contribution in [2.24, 2.45) is 0 Å². The van der Waals surface area contributed by atoms with Gasteiger partial charge in [-0.05, 0) is 31.5 Å². The summed E-state index contributed by atoms with van der Waals surface area (Å²) in [6.07, 6.45) is 0. The second-order valence-corrected chi connectivity index (χ2v) is 3.52. The van der Waals surface area contributed by atoms with Crippen LogP contribution in [0.25, 0.3) is 0 Å². The molecule has 0 saturated carbocycles. The van der Waals surface area contributed by atoms with E-state index in [0.29, 0.717) is 5.56 Å². The van der Waals surface area contributed by atoms with Crippen LogP contribution in [-0.4, -0.2) is 23.0 Å². The maximum Gasteiger partial charge on any atom is 0.325 e. The summed E-state index contributed by atoms with van der Waals surface area (Å²) in [7, 11) is 0. The molecule has 2 N–H and O–H groups in total. The van der Waals surface area contributed by atoms with Crippen molar-refractivity contribution in [3.05, 3.63) is 35.1 Å². The Hall–Kier alpha value is -1.91. The molecule has 16 heavy (non-hydrogen) atoms. The van der Waals surface area contributed by atoms with Crippen LogP contribution >= 0.6 is 0 Å². The zero-order valence-electron chi connectivity index (χ0n) is 8.95. The molecule has 86 valence electrons. The third-order valence-electron chi connectivity index (χ3n) is 2.09. The third kappa shape index (κ3) is 2.79. The molecular weight excluding hydrogens is 213 g/mol. The first kappa shape index (κ1) is 12.2. The lowest BCUT2D eigenvalue weighted by Crippen LogP contribution is -2.38. The van der Waals surface area contributed by atoms with Gasteiger partial charge in [-0.25, -0.2) is 4.39 Å². The van der Waals surface area contributed by atoms with Gasteiger partial charge in [-0.2, -0.15) is 0 Å². The summed E-state index contributed by atoms with van der Waals surface area (Å²) in [4.78, 5) is 22.0. The van der Waals surface area contributed by atoms with Gasteiger partial charge in [0, 0.05) is 0 Å². The third-order valence-corrected chi connectivity index (χ3v) is 2.09. The minimum atomic E-state index is -1.17. The maximum atomic E-state index is 13.3. The molecule has 0 saturated heterocycles. The Kier molecular flexibility index (Phi) is 3.60. The molecule has 1 amide bonds. The van der Waals surface area contributed by atoms with E-state index in [4.69, 9.17) is 5.11 Å². The molecule has 1 atom stereocenters. The quantitative estimate of drug-likeness (QED) is 0.815. The highest BCUT2D eigenvalue weighted by Crippen LogP contribution is 2.09. The van der Waals surface area contributed by atoms with Crippen molar-refractivity contribution in [2.75, 3.05) is 0 Å². The Morgan fingerprint density at radius 1 is 1.44 bits per heavy atom. The topological polar surface area (TPSA) is 66.4 Å². The molecule has 1 aromatic carbocycles. The highest BCUT2D eigenvalue weighted by atomic mass is 19.1. The minimum Gasteiger partial charge on any atom is -0.480 e. The van der Waals surface area contributed by atoms with Crippen molar-refractivity contribution in [3.63, 3.8) is 0 Å². The van der Waals surface area contributed by atoms with Gasteiger partial charge in [-0.15, -0.1) is 0 Å². The van der Waals surface area contributed by atoms with Crippen LogP contribution in [0, 0.1) is 12.7 Å². The van der Waals surface area contributed by atoms with Gasteiger partial charge in [0.25, 0.3) is 5.91 Å². The predicted molar refractivity (Wildman–Crippen MR) is 55.7 cm³/mol. The normalized spacial score (nSPS) is 11.9. The molecule has 0 aliphatic rings. The van der Waals surface area contributed by atoms with E-state index in [9.17, 15) is 14.0 Å². The van der Waals surface area contributed by atoms with Crippen molar-refractivity contribution in [1.29, 1.82) is 0 Å². The molecule has 0 fully saturated rings. The zero-order valence-corrected chi connectivity index (χ0v) is 8.95. The lowest BCUT2D eigenvalue weighted by molar-refractivity contribution is -0.138. The van der Waals surface area contributed by atoms with Crippen molar-refractivity contribution < 1.29 is 19.1 Å². The number of halogens is 1. The van der Waals surface area contributed by atoms with Crippen LogP contribution < -0.4 is 5.32 Å². The number of hydrogen-bond donors (Lipinski definition) is 2. The van der Waals surface area contributed by atoms with Gasteiger partial charge >= 0.3 is 5.97 Å². The van der Waals surface area contributed by atoms with Gasteiger partial charge in [0.05, 0.1) is 5.56 Å². The van der Waals surface area contributed by atoms with Crippen LogP contribution in [-0.2, 0) is 4.79 Å². The number of carbonyl (C=O) groups is 2. The van der Waals surface area contributed by atoms with Gasteiger partial charge in [0.1, 0.15) is 11.9 Å². The average molecular weight is 225 g/mol. The molecule has 1 unspecified atom stereocenters. The first-order valence-electron chi connectivity index (χ1n) is 4.71. The highest BCUT2D eigenvalue weighted by molar-refractivity contribution is 5.96. The number of aryl methyl sites for hydroxylation is 1. The van der Waals surface area contributed by atoms with Crippen molar-refractivity contribution in [1.82, 2.24) is 5.32 Å². The summed E-state index contributed by atoms with van der Waals surface area (Å²) in [5, 5.41) is 10.8. The second-order valence-electron chi connectivity index (χ2n) is 3.52.